The first-order valence-corrected chi connectivity index (χ1v) is 9.87. The lowest BCUT2D eigenvalue weighted by Crippen LogP contribution is -2.24. The maximum atomic E-state index is 12.2. The zero-order valence-electron chi connectivity index (χ0n) is 13.3. The van der Waals surface area contributed by atoms with Crippen molar-refractivity contribution in [1.29, 1.82) is 0 Å². The number of thiophene rings is 1. The Bertz CT molecular complexity index is 810. The Morgan fingerprint density at radius 3 is 2.52 bits per heavy atom. The van der Waals surface area contributed by atoms with Crippen LogP contribution in [0.4, 0.5) is 5.69 Å². The standard InChI is InChI=1S/C16H20N2O3S2/c1-11-4-5-13(10-12(11)2)18-16(19)15-7-6-14(22-15)8-9-17-23(3,20)21/h4-7,10,17H,8-9H2,1-3H3,(H,18,19). The number of carbonyl (C=O) groups excluding carboxylic acids is 1. The quantitative estimate of drug-likeness (QED) is 0.839. The van der Waals surface area contributed by atoms with Crippen LogP contribution in [0.2, 0.25) is 0 Å². The number of carbonyl (C=O) groups is 1. The van der Waals surface area contributed by atoms with Crippen LogP contribution in [-0.4, -0.2) is 27.1 Å². The van der Waals surface area contributed by atoms with Gasteiger partial charge < -0.3 is 5.32 Å². The lowest BCUT2D eigenvalue weighted by atomic mass is 10.1. The fourth-order valence-corrected chi connectivity index (χ4v) is 3.38. The minimum Gasteiger partial charge on any atom is -0.321 e. The lowest BCUT2D eigenvalue weighted by molar-refractivity contribution is 0.103. The van der Waals surface area contributed by atoms with Crippen LogP contribution < -0.4 is 10.0 Å². The number of rotatable bonds is 6. The van der Waals surface area contributed by atoms with Gasteiger partial charge in [-0.15, -0.1) is 11.3 Å². The molecule has 0 aliphatic rings. The van der Waals surface area contributed by atoms with E-state index in [4.69, 9.17) is 0 Å². The first-order chi connectivity index (χ1) is 10.7. The molecule has 2 rings (SSSR count). The van der Waals surface area contributed by atoms with Gasteiger partial charge in [-0.25, -0.2) is 13.1 Å². The van der Waals surface area contributed by atoms with E-state index in [1.54, 1.807) is 6.07 Å². The van der Waals surface area contributed by atoms with Gasteiger partial charge in [0.2, 0.25) is 10.0 Å². The Morgan fingerprint density at radius 2 is 1.87 bits per heavy atom. The molecule has 0 fully saturated rings. The molecule has 0 saturated heterocycles. The number of nitrogens with one attached hydrogen (secondary N) is 2. The van der Waals surface area contributed by atoms with Gasteiger partial charge in [0.05, 0.1) is 11.1 Å². The third kappa shape index (κ3) is 5.46. The van der Waals surface area contributed by atoms with Crippen molar-refractivity contribution in [1.82, 2.24) is 4.72 Å². The van der Waals surface area contributed by atoms with Gasteiger partial charge in [0.15, 0.2) is 0 Å². The third-order valence-corrected chi connectivity index (χ3v) is 5.26. The van der Waals surface area contributed by atoms with Crippen molar-refractivity contribution in [2.75, 3.05) is 18.1 Å². The lowest BCUT2D eigenvalue weighted by Gasteiger charge is -2.06. The second-order valence-electron chi connectivity index (χ2n) is 5.44. The predicted molar refractivity (Wildman–Crippen MR) is 94.7 cm³/mol. The molecule has 0 spiro atoms. The van der Waals surface area contributed by atoms with E-state index in [9.17, 15) is 13.2 Å². The van der Waals surface area contributed by atoms with Crippen LogP contribution in [0.25, 0.3) is 0 Å². The molecule has 0 bridgehead atoms. The number of aryl methyl sites for hydroxylation is 2. The fourth-order valence-electron chi connectivity index (χ4n) is 2.01. The van der Waals surface area contributed by atoms with Crippen molar-refractivity contribution in [2.24, 2.45) is 0 Å². The second-order valence-corrected chi connectivity index (χ2v) is 8.44. The molecule has 0 atom stereocenters. The summed E-state index contributed by atoms with van der Waals surface area (Å²) in [6.45, 7) is 4.36. The van der Waals surface area contributed by atoms with Crippen LogP contribution >= 0.6 is 11.3 Å². The summed E-state index contributed by atoms with van der Waals surface area (Å²) in [6.07, 6.45) is 1.69. The molecule has 0 radical (unpaired) electrons. The average molecular weight is 352 g/mol. The molecule has 0 saturated carbocycles. The van der Waals surface area contributed by atoms with E-state index in [0.717, 1.165) is 22.4 Å². The highest BCUT2D eigenvalue weighted by Gasteiger charge is 2.10. The average Bonchev–Trinajstić information content (AvgIpc) is 2.90. The predicted octanol–water partition coefficient (Wildman–Crippen LogP) is 2.71. The normalized spacial score (nSPS) is 11.4. The SMILES string of the molecule is Cc1ccc(NC(=O)c2ccc(CCNS(C)(=O)=O)s2)cc1C. The molecule has 1 heterocycles. The summed E-state index contributed by atoms with van der Waals surface area (Å²) >= 11 is 1.37. The maximum absolute atomic E-state index is 12.2. The molecule has 5 nitrogen and oxygen atoms in total. The van der Waals surface area contributed by atoms with Crippen molar-refractivity contribution < 1.29 is 13.2 Å². The molecule has 7 heteroatoms. The summed E-state index contributed by atoms with van der Waals surface area (Å²) in [6, 6.07) is 9.41. The Morgan fingerprint density at radius 1 is 1.13 bits per heavy atom. The second kappa shape index (κ2) is 7.25. The number of amides is 1. The smallest absolute Gasteiger partial charge is 0.265 e. The Kier molecular flexibility index (Phi) is 5.56. The van der Waals surface area contributed by atoms with Crippen molar-refractivity contribution >= 4 is 33.0 Å². The highest BCUT2D eigenvalue weighted by atomic mass is 32.2. The Hall–Kier alpha value is -1.70. The highest BCUT2D eigenvalue weighted by Crippen LogP contribution is 2.20. The van der Waals surface area contributed by atoms with Gasteiger partial charge in [-0.05, 0) is 55.7 Å². The maximum Gasteiger partial charge on any atom is 0.265 e. The monoisotopic (exact) mass is 352 g/mol. The van der Waals surface area contributed by atoms with Crippen molar-refractivity contribution in [3.8, 4) is 0 Å². The van der Waals surface area contributed by atoms with Crippen molar-refractivity contribution in [3.05, 3.63) is 51.2 Å². The topological polar surface area (TPSA) is 75.3 Å². The minimum absolute atomic E-state index is 0.152. The fraction of sp³-hybridized carbons (Fsp3) is 0.312. The first-order valence-electron chi connectivity index (χ1n) is 7.16. The zero-order chi connectivity index (χ0) is 17.0. The summed E-state index contributed by atoms with van der Waals surface area (Å²) in [5.41, 5.74) is 3.08. The van der Waals surface area contributed by atoms with E-state index in [1.165, 1.54) is 16.9 Å². The van der Waals surface area contributed by atoms with Crippen LogP contribution in [0.1, 0.15) is 25.7 Å². The van der Waals surface area contributed by atoms with E-state index < -0.39 is 10.0 Å². The van der Waals surface area contributed by atoms with E-state index in [2.05, 4.69) is 10.0 Å². The summed E-state index contributed by atoms with van der Waals surface area (Å²) in [4.78, 5) is 13.8. The highest BCUT2D eigenvalue weighted by molar-refractivity contribution is 7.88. The van der Waals surface area contributed by atoms with Gasteiger partial charge in [-0.1, -0.05) is 6.07 Å². The Labute approximate surface area is 140 Å². The molecule has 0 aliphatic heterocycles. The first kappa shape index (κ1) is 17.7. The molecule has 0 aliphatic carbocycles. The number of anilines is 1. The molecule has 124 valence electrons. The van der Waals surface area contributed by atoms with Gasteiger partial charge in [-0.3, -0.25) is 4.79 Å². The molecule has 1 amide bonds. The van der Waals surface area contributed by atoms with Crippen molar-refractivity contribution in [3.63, 3.8) is 0 Å². The molecule has 2 N–H and O–H groups in total. The van der Waals surface area contributed by atoms with Gasteiger partial charge >= 0.3 is 0 Å². The van der Waals surface area contributed by atoms with E-state index >= 15 is 0 Å². The van der Waals surface area contributed by atoms with Gasteiger partial charge in [-0.2, -0.15) is 0 Å². The molecule has 1 aromatic heterocycles. The summed E-state index contributed by atoms with van der Waals surface area (Å²) in [7, 11) is -3.18. The van der Waals surface area contributed by atoms with Gasteiger partial charge in [0.25, 0.3) is 5.91 Å². The van der Waals surface area contributed by atoms with Gasteiger partial charge in [0.1, 0.15) is 0 Å². The molecule has 1 aromatic carbocycles. The summed E-state index contributed by atoms with van der Waals surface area (Å²) in [5.74, 6) is -0.152. The molecule has 0 unspecified atom stereocenters. The van der Waals surface area contributed by atoms with Crippen LogP contribution in [0, 0.1) is 13.8 Å². The molecule has 23 heavy (non-hydrogen) atoms. The van der Waals surface area contributed by atoms with E-state index in [0.29, 0.717) is 17.8 Å². The van der Waals surface area contributed by atoms with Gasteiger partial charge in [0, 0.05) is 17.1 Å². The Balaban J connectivity index is 1.96. The minimum atomic E-state index is -3.18. The number of benzene rings is 1. The van der Waals surface area contributed by atoms with Crippen LogP contribution in [-0.2, 0) is 16.4 Å². The molecular formula is C16H20N2O3S2. The molecular weight excluding hydrogens is 332 g/mol. The third-order valence-electron chi connectivity index (χ3n) is 3.39. The summed E-state index contributed by atoms with van der Waals surface area (Å²) in [5, 5.41) is 2.88. The van der Waals surface area contributed by atoms with E-state index in [-0.39, 0.29) is 5.91 Å². The number of hydrogen-bond acceptors (Lipinski definition) is 4. The number of sulfonamides is 1. The molecule has 2 aromatic rings. The van der Waals surface area contributed by atoms with Crippen LogP contribution in [0.15, 0.2) is 30.3 Å². The van der Waals surface area contributed by atoms with E-state index in [1.807, 2.05) is 38.1 Å². The van der Waals surface area contributed by atoms with Crippen LogP contribution in [0.3, 0.4) is 0 Å². The zero-order valence-corrected chi connectivity index (χ0v) is 15.0. The van der Waals surface area contributed by atoms with Crippen LogP contribution in [0.5, 0.6) is 0 Å². The summed E-state index contributed by atoms with van der Waals surface area (Å²) < 4.78 is 24.5. The number of hydrogen-bond donors (Lipinski definition) is 2. The van der Waals surface area contributed by atoms with Crippen molar-refractivity contribution in [2.45, 2.75) is 20.3 Å². The largest absolute Gasteiger partial charge is 0.321 e.